The molecule has 5 nitrogen and oxygen atoms in total. The molecule has 0 aliphatic carbocycles. The maximum Gasteiger partial charge on any atom is 0.163 e. The van der Waals surface area contributed by atoms with Gasteiger partial charge in [-0.3, -0.25) is 0 Å². The Bertz CT molecular complexity index is 741. The number of pyridine rings is 1. The van der Waals surface area contributed by atoms with E-state index in [1.54, 1.807) is 11.0 Å². The van der Waals surface area contributed by atoms with Gasteiger partial charge in [0.2, 0.25) is 0 Å². The highest BCUT2D eigenvalue weighted by molar-refractivity contribution is 5.90. The quantitative estimate of drug-likeness (QED) is 0.802. The first-order valence-corrected chi connectivity index (χ1v) is 7.01. The first-order valence-electron chi connectivity index (χ1n) is 7.01. The van der Waals surface area contributed by atoms with E-state index in [-0.39, 0.29) is 5.54 Å². The van der Waals surface area contributed by atoms with Gasteiger partial charge in [-0.1, -0.05) is 24.3 Å². The molecule has 5 heteroatoms. The van der Waals surface area contributed by atoms with E-state index in [0.717, 1.165) is 17.7 Å². The van der Waals surface area contributed by atoms with Crippen molar-refractivity contribution in [3.05, 3.63) is 48.7 Å². The van der Waals surface area contributed by atoms with Crippen molar-refractivity contribution < 1.29 is 0 Å². The minimum atomic E-state index is 0.0751. The van der Waals surface area contributed by atoms with Crippen LogP contribution in [0.4, 0.5) is 0 Å². The van der Waals surface area contributed by atoms with Crippen molar-refractivity contribution in [2.45, 2.75) is 32.9 Å². The molecule has 0 fully saturated rings. The monoisotopic (exact) mass is 281 g/mol. The molecule has 108 valence electrons. The van der Waals surface area contributed by atoms with E-state index in [4.69, 9.17) is 0 Å². The Kier molecular flexibility index (Phi) is 3.43. The van der Waals surface area contributed by atoms with Crippen molar-refractivity contribution in [3.8, 4) is 5.82 Å². The smallest absolute Gasteiger partial charge is 0.163 e. The van der Waals surface area contributed by atoms with E-state index in [0.29, 0.717) is 0 Å². The fourth-order valence-electron chi connectivity index (χ4n) is 2.24. The molecule has 2 aromatic heterocycles. The third-order valence-electron chi connectivity index (χ3n) is 3.30. The van der Waals surface area contributed by atoms with Crippen molar-refractivity contribution in [1.82, 2.24) is 25.1 Å². The highest BCUT2D eigenvalue weighted by atomic mass is 15.3. The van der Waals surface area contributed by atoms with Gasteiger partial charge >= 0.3 is 0 Å². The highest BCUT2D eigenvalue weighted by Gasteiger charge is 2.12. The molecule has 1 aromatic carbocycles. The Hall–Kier alpha value is -2.27. The normalized spacial score (nSPS) is 12.0. The summed E-state index contributed by atoms with van der Waals surface area (Å²) in [6, 6.07) is 8.26. The number of fused-ring (bicyclic) bond motifs is 1. The Morgan fingerprint density at radius 3 is 2.57 bits per heavy atom. The number of benzene rings is 1. The maximum absolute atomic E-state index is 4.57. The van der Waals surface area contributed by atoms with E-state index in [2.05, 4.69) is 53.3 Å². The first kappa shape index (κ1) is 13.7. The van der Waals surface area contributed by atoms with Crippen LogP contribution in [0.5, 0.6) is 0 Å². The van der Waals surface area contributed by atoms with Crippen molar-refractivity contribution >= 4 is 10.8 Å². The lowest BCUT2D eigenvalue weighted by molar-refractivity contribution is 0.425. The molecule has 0 bridgehead atoms. The minimum absolute atomic E-state index is 0.0751. The second-order valence-electron chi connectivity index (χ2n) is 6.10. The van der Waals surface area contributed by atoms with Crippen LogP contribution in [-0.4, -0.2) is 25.3 Å². The lowest BCUT2D eigenvalue weighted by Gasteiger charge is -2.21. The Morgan fingerprint density at radius 1 is 1.14 bits per heavy atom. The topological polar surface area (TPSA) is 55.6 Å². The van der Waals surface area contributed by atoms with E-state index in [9.17, 15) is 0 Å². The predicted octanol–water partition coefficient (Wildman–Crippen LogP) is 2.70. The van der Waals surface area contributed by atoms with Gasteiger partial charge in [-0.2, -0.15) is 5.10 Å². The van der Waals surface area contributed by atoms with Crippen LogP contribution in [0.25, 0.3) is 16.6 Å². The van der Waals surface area contributed by atoms with E-state index >= 15 is 0 Å². The van der Waals surface area contributed by atoms with Crippen LogP contribution >= 0.6 is 0 Å². The lowest BCUT2D eigenvalue weighted by Crippen LogP contribution is -2.35. The van der Waals surface area contributed by atoms with Crippen LogP contribution < -0.4 is 5.32 Å². The third-order valence-corrected chi connectivity index (χ3v) is 3.30. The van der Waals surface area contributed by atoms with Gasteiger partial charge < -0.3 is 5.32 Å². The fourth-order valence-corrected chi connectivity index (χ4v) is 2.24. The molecular weight excluding hydrogens is 262 g/mol. The molecule has 0 saturated heterocycles. The molecule has 0 radical (unpaired) electrons. The summed E-state index contributed by atoms with van der Waals surface area (Å²) in [6.45, 7) is 7.26. The summed E-state index contributed by atoms with van der Waals surface area (Å²) in [4.78, 5) is 8.57. The molecule has 0 spiro atoms. The molecule has 0 aliphatic heterocycles. The molecule has 0 saturated carbocycles. The van der Waals surface area contributed by atoms with Crippen LogP contribution in [-0.2, 0) is 6.54 Å². The van der Waals surface area contributed by atoms with E-state index < -0.39 is 0 Å². The summed E-state index contributed by atoms with van der Waals surface area (Å²) in [7, 11) is 0. The number of aromatic nitrogens is 4. The standard InChI is InChI=1S/C16H19N5/c1-16(2,3)19-9-12-8-18-15(21-11-17-10-20-21)14-7-5-4-6-13(12)14/h4-8,10-11,19H,9H2,1-3H3. The third kappa shape index (κ3) is 2.92. The molecule has 0 amide bonds. The van der Waals surface area contributed by atoms with Crippen molar-refractivity contribution in [2.75, 3.05) is 0 Å². The highest BCUT2D eigenvalue weighted by Crippen LogP contribution is 2.23. The average Bonchev–Trinajstić information content (AvgIpc) is 2.97. The van der Waals surface area contributed by atoms with Crippen molar-refractivity contribution in [2.24, 2.45) is 0 Å². The van der Waals surface area contributed by atoms with Crippen LogP contribution in [0.1, 0.15) is 26.3 Å². The number of nitrogens with one attached hydrogen (secondary N) is 1. The van der Waals surface area contributed by atoms with Crippen molar-refractivity contribution in [1.29, 1.82) is 0 Å². The molecule has 21 heavy (non-hydrogen) atoms. The van der Waals surface area contributed by atoms with Gasteiger partial charge in [0.05, 0.1) is 0 Å². The van der Waals surface area contributed by atoms with Crippen LogP contribution in [0, 0.1) is 0 Å². The molecule has 0 unspecified atom stereocenters. The van der Waals surface area contributed by atoms with E-state index in [1.165, 1.54) is 17.3 Å². The second kappa shape index (κ2) is 5.26. The zero-order valence-electron chi connectivity index (χ0n) is 12.5. The van der Waals surface area contributed by atoms with Gasteiger partial charge in [0, 0.05) is 23.7 Å². The fraction of sp³-hybridized carbons (Fsp3) is 0.312. The minimum Gasteiger partial charge on any atom is -0.308 e. The van der Waals surface area contributed by atoms with Gasteiger partial charge in [0.15, 0.2) is 5.82 Å². The Labute approximate surface area is 124 Å². The zero-order valence-corrected chi connectivity index (χ0v) is 12.5. The molecule has 1 N–H and O–H groups in total. The maximum atomic E-state index is 4.57. The van der Waals surface area contributed by atoms with Crippen LogP contribution in [0.15, 0.2) is 43.1 Å². The van der Waals surface area contributed by atoms with E-state index in [1.807, 2.05) is 18.3 Å². The average molecular weight is 281 g/mol. The first-order chi connectivity index (χ1) is 10.0. The van der Waals surface area contributed by atoms with Gasteiger partial charge in [-0.25, -0.2) is 14.6 Å². The second-order valence-corrected chi connectivity index (χ2v) is 6.10. The molecular formula is C16H19N5. The Balaban J connectivity index is 2.07. The number of hydrogen-bond donors (Lipinski definition) is 1. The molecule has 0 atom stereocenters. The van der Waals surface area contributed by atoms with Gasteiger partial charge in [0.1, 0.15) is 12.7 Å². The van der Waals surface area contributed by atoms with Crippen LogP contribution in [0.2, 0.25) is 0 Å². The Morgan fingerprint density at radius 2 is 1.90 bits per heavy atom. The van der Waals surface area contributed by atoms with Gasteiger partial charge in [0.25, 0.3) is 0 Å². The van der Waals surface area contributed by atoms with Gasteiger partial charge in [-0.15, -0.1) is 0 Å². The summed E-state index contributed by atoms with van der Waals surface area (Å²) < 4.78 is 1.70. The lowest BCUT2D eigenvalue weighted by atomic mass is 10.0. The summed E-state index contributed by atoms with van der Waals surface area (Å²) >= 11 is 0. The predicted molar refractivity (Wildman–Crippen MR) is 83.3 cm³/mol. The van der Waals surface area contributed by atoms with Crippen LogP contribution in [0.3, 0.4) is 0 Å². The number of nitrogens with zero attached hydrogens (tertiary/aromatic N) is 4. The largest absolute Gasteiger partial charge is 0.308 e. The van der Waals surface area contributed by atoms with Gasteiger partial charge in [-0.05, 0) is 31.7 Å². The zero-order chi connectivity index (χ0) is 14.9. The molecule has 0 aliphatic rings. The number of hydrogen-bond acceptors (Lipinski definition) is 4. The SMILES string of the molecule is CC(C)(C)NCc1cnc(-n2cncn2)c2ccccc12. The summed E-state index contributed by atoms with van der Waals surface area (Å²) in [6.07, 6.45) is 5.10. The summed E-state index contributed by atoms with van der Waals surface area (Å²) in [5, 5.41) is 9.96. The summed E-state index contributed by atoms with van der Waals surface area (Å²) in [5.74, 6) is 0.808. The molecule has 3 rings (SSSR count). The van der Waals surface area contributed by atoms with Crippen molar-refractivity contribution in [3.63, 3.8) is 0 Å². The molecule has 3 aromatic rings. The summed E-state index contributed by atoms with van der Waals surface area (Å²) in [5.41, 5.74) is 1.26. The molecule has 2 heterocycles. The number of rotatable bonds is 3.